The van der Waals surface area contributed by atoms with Crippen LogP contribution in [0.15, 0.2) is 6.20 Å². The van der Waals surface area contributed by atoms with Crippen LogP contribution in [0.3, 0.4) is 0 Å². The second kappa shape index (κ2) is 4.56. The van der Waals surface area contributed by atoms with E-state index in [1.807, 2.05) is 0 Å². The van der Waals surface area contributed by atoms with Crippen molar-refractivity contribution in [3.05, 3.63) is 17.3 Å². The number of alkyl halides is 3. The summed E-state index contributed by atoms with van der Waals surface area (Å²) in [6.07, 6.45) is -3.56. The Bertz CT molecular complexity index is 380. The highest BCUT2D eigenvalue weighted by atomic mass is 19.4. The third-order valence-electron chi connectivity index (χ3n) is 1.92. The lowest BCUT2D eigenvalue weighted by Crippen LogP contribution is -2.20. The number of halogens is 3. The summed E-state index contributed by atoms with van der Waals surface area (Å²) in [5.74, 6) is -0.265. The lowest BCUT2D eigenvalue weighted by atomic mass is 10.2. The summed E-state index contributed by atoms with van der Waals surface area (Å²) >= 11 is 0. The van der Waals surface area contributed by atoms with Gasteiger partial charge in [-0.15, -0.1) is 13.2 Å². The van der Waals surface area contributed by atoms with E-state index in [0.29, 0.717) is 0 Å². The highest BCUT2D eigenvalue weighted by molar-refractivity contribution is 5.44. The van der Waals surface area contributed by atoms with Crippen molar-refractivity contribution in [2.75, 3.05) is 7.11 Å². The van der Waals surface area contributed by atoms with Crippen LogP contribution in [-0.2, 0) is 6.54 Å². The van der Waals surface area contributed by atoms with Gasteiger partial charge in [-0.2, -0.15) is 0 Å². The first kappa shape index (κ1) is 12.6. The van der Waals surface area contributed by atoms with Crippen LogP contribution >= 0.6 is 0 Å². The summed E-state index contributed by atoms with van der Waals surface area (Å²) in [5, 5.41) is 0. The molecule has 7 heteroatoms. The van der Waals surface area contributed by atoms with Gasteiger partial charge in [0.2, 0.25) is 5.88 Å². The molecule has 16 heavy (non-hydrogen) atoms. The third-order valence-corrected chi connectivity index (χ3v) is 1.92. The molecule has 1 aromatic heterocycles. The third kappa shape index (κ3) is 2.75. The van der Waals surface area contributed by atoms with Crippen LogP contribution < -0.4 is 15.2 Å². The molecule has 1 aromatic rings. The Morgan fingerprint density at radius 1 is 1.44 bits per heavy atom. The minimum atomic E-state index is -4.76. The fourth-order valence-electron chi connectivity index (χ4n) is 1.24. The molecule has 0 aromatic carbocycles. The van der Waals surface area contributed by atoms with Crippen molar-refractivity contribution < 1.29 is 22.6 Å². The van der Waals surface area contributed by atoms with E-state index in [1.54, 1.807) is 0 Å². The summed E-state index contributed by atoms with van der Waals surface area (Å²) in [5.41, 5.74) is 5.65. The molecule has 0 fully saturated rings. The average molecular weight is 236 g/mol. The van der Waals surface area contributed by atoms with Crippen LogP contribution in [-0.4, -0.2) is 18.5 Å². The number of nitrogens with two attached hydrogens (primary N) is 1. The Morgan fingerprint density at radius 3 is 2.50 bits per heavy atom. The van der Waals surface area contributed by atoms with Crippen molar-refractivity contribution in [2.45, 2.75) is 19.8 Å². The standard InChI is InChI=1S/C9H11F3N2O2/c1-5-7(16-9(10,11)12)6(3-13)4-14-8(5)15-2/h4H,3,13H2,1-2H3. The van der Waals surface area contributed by atoms with E-state index >= 15 is 0 Å². The van der Waals surface area contributed by atoms with Crippen molar-refractivity contribution >= 4 is 0 Å². The van der Waals surface area contributed by atoms with E-state index in [9.17, 15) is 13.2 Å². The van der Waals surface area contributed by atoms with Gasteiger partial charge in [0.25, 0.3) is 0 Å². The molecule has 0 aliphatic rings. The van der Waals surface area contributed by atoms with Gasteiger partial charge in [-0.3, -0.25) is 0 Å². The zero-order chi connectivity index (χ0) is 12.3. The van der Waals surface area contributed by atoms with Crippen LogP contribution in [0, 0.1) is 6.92 Å². The number of nitrogens with zero attached hydrogens (tertiary/aromatic N) is 1. The monoisotopic (exact) mass is 236 g/mol. The Labute approximate surface area is 90.2 Å². The fourth-order valence-corrected chi connectivity index (χ4v) is 1.24. The van der Waals surface area contributed by atoms with Crippen LogP contribution in [0.1, 0.15) is 11.1 Å². The maximum Gasteiger partial charge on any atom is 0.573 e. The number of aromatic nitrogens is 1. The van der Waals surface area contributed by atoms with E-state index in [2.05, 4.69) is 9.72 Å². The number of rotatable bonds is 3. The van der Waals surface area contributed by atoms with Gasteiger partial charge < -0.3 is 15.2 Å². The van der Waals surface area contributed by atoms with Crippen molar-refractivity contribution in [2.24, 2.45) is 5.73 Å². The van der Waals surface area contributed by atoms with E-state index in [-0.39, 0.29) is 29.3 Å². The zero-order valence-corrected chi connectivity index (χ0v) is 8.76. The molecule has 2 N–H and O–H groups in total. The summed E-state index contributed by atoms with van der Waals surface area (Å²) in [7, 11) is 1.31. The van der Waals surface area contributed by atoms with Crippen molar-refractivity contribution in [1.82, 2.24) is 4.98 Å². The van der Waals surface area contributed by atoms with Gasteiger partial charge in [-0.1, -0.05) is 0 Å². The van der Waals surface area contributed by atoms with Crippen molar-refractivity contribution in [3.8, 4) is 11.6 Å². The number of methoxy groups -OCH3 is 1. The highest BCUT2D eigenvalue weighted by Crippen LogP contribution is 2.33. The van der Waals surface area contributed by atoms with Gasteiger partial charge in [0.1, 0.15) is 5.75 Å². The minimum absolute atomic E-state index is 0.0800. The van der Waals surface area contributed by atoms with E-state index in [1.165, 1.54) is 20.2 Å². The molecule has 0 radical (unpaired) electrons. The number of hydrogen-bond acceptors (Lipinski definition) is 4. The Kier molecular flexibility index (Phi) is 3.58. The molecule has 4 nitrogen and oxygen atoms in total. The van der Waals surface area contributed by atoms with Crippen LogP contribution in [0.4, 0.5) is 13.2 Å². The lowest BCUT2D eigenvalue weighted by Gasteiger charge is -2.16. The first-order valence-electron chi connectivity index (χ1n) is 4.37. The number of pyridine rings is 1. The van der Waals surface area contributed by atoms with Crippen LogP contribution in [0.2, 0.25) is 0 Å². The molecule has 1 rings (SSSR count). The molecule has 0 aliphatic carbocycles. The predicted molar refractivity (Wildman–Crippen MR) is 50.1 cm³/mol. The molecule has 0 saturated carbocycles. The second-order valence-electron chi connectivity index (χ2n) is 3.00. The highest BCUT2D eigenvalue weighted by Gasteiger charge is 2.33. The molecular formula is C9H11F3N2O2. The van der Waals surface area contributed by atoms with Gasteiger partial charge in [0.15, 0.2) is 0 Å². The van der Waals surface area contributed by atoms with Crippen LogP contribution in [0.5, 0.6) is 11.6 Å². The number of ether oxygens (including phenoxy) is 2. The normalized spacial score (nSPS) is 11.4. The number of hydrogen-bond donors (Lipinski definition) is 1. The van der Waals surface area contributed by atoms with Crippen LogP contribution in [0.25, 0.3) is 0 Å². The largest absolute Gasteiger partial charge is 0.573 e. The van der Waals surface area contributed by atoms with Gasteiger partial charge >= 0.3 is 6.36 Å². The SMILES string of the molecule is COc1ncc(CN)c(OC(F)(F)F)c1C. The van der Waals surface area contributed by atoms with Gasteiger partial charge in [-0.25, -0.2) is 4.98 Å². The molecule has 0 amide bonds. The summed E-state index contributed by atoms with van der Waals surface area (Å²) in [4.78, 5) is 3.81. The zero-order valence-electron chi connectivity index (χ0n) is 8.76. The molecule has 90 valence electrons. The van der Waals surface area contributed by atoms with Gasteiger partial charge in [-0.05, 0) is 6.92 Å². The Morgan fingerprint density at radius 2 is 2.06 bits per heavy atom. The quantitative estimate of drug-likeness (QED) is 0.868. The summed E-state index contributed by atoms with van der Waals surface area (Å²) in [6, 6.07) is 0. The minimum Gasteiger partial charge on any atom is -0.481 e. The summed E-state index contributed by atoms with van der Waals surface area (Å²) < 4.78 is 45.1. The van der Waals surface area contributed by atoms with Crippen molar-refractivity contribution in [1.29, 1.82) is 0 Å². The van der Waals surface area contributed by atoms with E-state index < -0.39 is 6.36 Å². The summed E-state index contributed by atoms with van der Waals surface area (Å²) in [6.45, 7) is 1.33. The molecule has 0 bridgehead atoms. The first-order valence-corrected chi connectivity index (χ1v) is 4.37. The lowest BCUT2D eigenvalue weighted by molar-refractivity contribution is -0.275. The smallest absolute Gasteiger partial charge is 0.481 e. The first-order chi connectivity index (χ1) is 7.39. The maximum atomic E-state index is 12.1. The van der Waals surface area contributed by atoms with Gasteiger partial charge in [0.05, 0.1) is 12.7 Å². The molecule has 0 saturated heterocycles. The average Bonchev–Trinajstić information content (AvgIpc) is 2.19. The molecule has 0 aliphatic heterocycles. The molecular weight excluding hydrogens is 225 g/mol. The molecule has 0 spiro atoms. The van der Waals surface area contributed by atoms with E-state index in [4.69, 9.17) is 10.5 Å². The van der Waals surface area contributed by atoms with Gasteiger partial charge in [0, 0.05) is 18.3 Å². The second-order valence-corrected chi connectivity index (χ2v) is 3.00. The topological polar surface area (TPSA) is 57.4 Å². The Hall–Kier alpha value is -1.50. The molecule has 0 atom stereocenters. The maximum absolute atomic E-state index is 12.1. The Balaban J connectivity index is 3.21. The van der Waals surface area contributed by atoms with Crippen molar-refractivity contribution in [3.63, 3.8) is 0 Å². The van der Waals surface area contributed by atoms with E-state index in [0.717, 1.165) is 0 Å². The molecule has 0 unspecified atom stereocenters. The fraction of sp³-hybridized carbons (Fsp3) is 0.444. The predicted octanol–water partition coefficient (Wildman–Crippen LogP) is 1.76. The molecule has 1 heterocycles.